The molecule has 1 aromatic heterocycles. The van der Waals surface area contributed by atoms with Crippen molar-refractivity contribution in [1.82, 2.24) is 4.57 Å². The number of para-hydroxylation sites is 1. The first-order valence-corrected chi connectivity index (χ1v) is 7.00. The molecule has 0 aliphatic carbocycles. The average molecular weight is 293 g/mol. The van der Waals surface area contributed by atoms with Crippen LogP contribution in [0.1, 0.15) is 20.8 Å². The second kappa shape index (κ2) is 6.37. The van der Waals surface area contributed by atoms with Crippen LogP contribution in [-0.4, -0.2) is 23.4 Å². The van der Waals surface area contributed by atoms with E-state index in [1.165, 1.54) is 4.57 Å². The lowest BCUT2D eigenvalue weighted by Gasteiger charge is -2.07. The summed E-state index contributed by atoms with van der Waals surface area (Å²) in [5.41, 5.74) is 2.07. The smallest absolute Gasteiger partial charge is 0.257 e. The largest absolute Gasteiger partial charge is 0.367 e. The van der Waals surface area contributed by atoms with Crippen LogP contribution in [0.4, 0.5) is 0 Å². The van der Waals surface area contributed by atoms with Crippen LogP contribution < -0.4 is 0 Å². The molecule has 0 amide bonds. The van der Waals surface area contributed by atoms with E-state index < -0.39 is 0 Å². The standard InChI is InChI=1S/C18H15NO3/c20-11-16-10-15-8-4-5-9-17(15)19(16)18(21)13-22-12-14-6-2-1-3-7-14/h1-11H,12-13H2. The van der Waals surface area contributed by atoms with Crippen molar-refractivity contribution in [1.29, 1.82) is 0 Å². The van der Waals surface area contributed by atoms with E-state index in [9.17, 15) is 9.59 Å². The third-order valence-corrected chi connectivity index (χ3v) is 3.45. The van der Waals surface area contributed by atoms with E-state index >= 15 is 0 Å². The Balaban J connectivity index is 1.76. The predicted molar refractivity (Wildman–Crippen MR) is 84.1 cm³/mol. The molecule has 0 unspecified atom stereocenters. The van der Waals surface area contributed by atoms with Crippen LogP contribution in [0, 0.1) is 0 Å². The minimum atomic E-state index is -0.251. The lowest BCUT2D eigenvalue weighted by molar-refractivity contribution is 0.0644. The molecule has 2 aromatic carbocycles. The van der Waals surface area contributed by atoms with Gasteiger partial charge in [-0.3, -0.25) is 14.2 Å². The van der Waals surface area contributed by atoms with Gasteiger partial charge in [-0.05, 0) is 17.7 Å². The van der Waals surface area contributed by atoms with Gasteiger partial charge in [-0.25, -0.2) is 0 Å². The molecule has 0 spiro atoms. The summed E-state index contributed by atoms with van der Waals surface area (Å²) >= 11 is 0. The van der Waals surface area contributed by atoms with Gasteiger partial charge in [0.05, 0.1) is 17.8 Å². The first kappa shape index (κ1) is 14.2. The summed E-state index contributed by atoms with van der Waals surface area (Å²) < 4.78 is 6.88. The normalized spacial score (nSPS) is 10.7. The van der Waals surface area contributed by atoms with Crippen LogP contribution in [0.25, 0.3) is 10.9 Å². The first-order valence-electron chi connectivity index (χ1n) is 7.00. The summed E-state index contributed by atoms with van der Waals surface area (Å²) in [4.78, 5) is 23.6. The van der Waals surface area contributed by atoms with Gasteiger partial charge in [-0.2, -0.15) is 0 Å². The Morgan fingerprint density at radius 3 is 2.55 bits per heavy atom. The molecule has 3 aromatic rings. The Morgan fingerprint density at radius 2 is 1.77 bits per heavy atom. The zero-order valence-corrected chi connectivity index (χ0v) is 11.9. The van der Waals surface area contributed by atoms with Crippen molar-refractivity contribution in [2.75, 3.05) is 6.61 Å². The second-order valence-electron chi connectivity index (χ2n) is 4.95. The minimum absolute atomic E-state index is 0.0750. The molecule has 0 bridgehead atoms. The Morgan fingerprint density at radius 1 is 1.05 bits per heavy atom. The van der Waals surface area contributed by atoms with Gasteiger partial charge in [0.1, 0.15) is 6.61 Å². The molecule has 0 aliphatic rings. The SMILES string of the molecule is O=Cc1cc2ccccc2n1C(=O)COCc1ccccc1. The van der Waals surface area contributed by atoms with E-state index in [1.54, 1.807) is 6.07 Å². The summed E-state index contributed by atoms with van der Waals surface area (Å²) in [6.45, 7) is 0.288. The predicted octanol–water partition coefficient (Wildman–Crippen LogP) is 3.31. The van der Waals surface area contributed by atoms with E-state index in [2.05, 4.69) is 0 Å². The van der Waals surface area contributed by atoms with Gasteiger partial charge in [0, 0.05) is 5.39 Å². The quantitative estimate of drug-likeness (QED) is 0.678. The number of fused-ring (bicyclic) bond motifs is 1. The van der Waals surface area contributed by atoms with Crippen molar-refractivity contribution in [3.05, 3.63) is 71.9 Å². The molecule has 3 rings (SSSR count). The minimum Gasteiger partial charge on any atom is -0.367 e. The highest BCUT2D eigenvalue weighted by Gasteiger charge is 2.14. The molecule has 4 heteroatoms. The molecule has 0 saturated heterocycles. The lowest BCUT2D eigenvalue weighted by Crippen LogP contribution is -2.19. The molecular formula is C18H15NO3. The third-order valence-electron chi connectivity index (χ3n) is 3.45. The second-order valence-corrected chi connectivity index (χ2v) is 4.95. The first-order chi connectivity index (χ1) is 10.8. The fourth-order valence-electron chi connectivity index (χ4n) is 2.44. The van der Waals surface area contributed by atoms with Crippen molar-refractivity contribution >= 4 is 23.1 Å². The van der Waals surface area contributed by atoms with Crippen LogP contribution >= 0.6 is 0 Å². The van der Waals surface area contributed by atoms with Gasteiger partial charge in [-0.15, -0.1) is 0 Å². The summed E-state index contributed by atoms with van der Waals surface area (Å²) in [6.07, 6.45) is 0.690. The Kier molecular flexibility index (Phi) is 4.12. The van der Waals surface area contributed by atoms with Crippen molar-refractivity contribution in [2.24, 2.45) is 0 Å². The zero-order chi connectivity index (χ0) is 15.4. The van der Waals surface area contributed by atoms with Crippen molar-refractivity contribution < 1.29 is 14.3 Å². The number of carbonyl (C=O) groups excluding carboxylic acids is 2. The van der Waals surface area contributed by atoms with Crippen molar-refractivity contribution in [3.63, 3.8) is 0 Å². The molecular weight excluding hydrogens is 278 g/mol. The molecule has 0 radical (unpaired) electrons. The lowest BCUT2D eigenvalue weighted by atomic mass is 10.2. The molecule has 22 heavy (non-hydrogen) atoms. The highest BCUT2D eigenvalue weighted by atomic mass is 16.5. The summed E-state index contributed by atoms with van der Waals surface area (Å²) in [5, 5.41) is 0.862. The van der Waals surface area contributed by atoms with E-state index in [4.69, 9.17) is 4.74 Å². The molecule has 4 nitrogen and oxygen atoms in total. The van der Waals surface area contributed by atoms with Crippen molar-refractivity contribution in [2.45, 2.75) is 6.61 Å². The molecule has 1 heterocycles. The number of benzene rings is 2. The monoisotopic (exact) mass is 293 g/mol. The molecule has 110 valence electrons. The summed E-state index contributed by atoms with van der Waals surface area (Å²) in [6, 6.07) is 18.7. The van der Waals surface area contributed by atoms with Gasteiger partial charge < -0.3 is 4.74 Å². The summed E-state index contributed by atoms with van der Waals surface area (Å²) in [5.74, 6) is -0.251. The number of carbonyl (C=O) groups is 2. The Bertz CT molecular complexity index is 806. The van der Waals surface area contributed by atoms with E-state index in [0.717, 1.165) is 16.5 Å². The maximum absolute atomic E-state index is 12.4. The van der Waals surface area contributed by atoms with E-state index in [1.807, 2.05) is 54.6 Å². The highest BCUT2D eigenvalue weighted by molar-refractivity contribution is 5.99. The molecule has 0 atom stereocenters. The van der Waals surface area contributed by atoms with Crippen LogP contribution in [0.2, 0.25) is 0 Å². The van der Waals surface area contributed by atoms with Gasteiger partial charge in [0.15, 0.2) is 6.29 Å². The zero-order valence-electron chi connectivity index (χ0n) is 11.9. The van der Waals surface area contributed by atoms with Crippen LogP contribution in [0.5, 0.6) is 0 Å². The van der Waals surface area contributed by atoms with Gasteiger partial charge >= 0.3 is 0 Å². The number of aldehydes is 1. The highest BCUT2D eigenvalue weighted by Crippen LogP contribution is 2.18. The van der Waals surface area contributed by atoms with Crippen molar-refractivity contribution in [3.8, 4) is 0 Å². The third kappa shape index (κ3) is 2.82. The number of aromatic nitrogens is 1. The Labute approximate surface area is 127 Å². The van der Waals surface area contributed by atoms with Crippen LogP contribution in [-0.2, 0) is 11.3 Å². The van der Waals surface area contributed by atoms with Crippen LogP contribution in [0.15, 0.2) is 60.7 Å². The maximum Gasteiger partial charge on any atom is 0.257 e. The Hall–Kier alpha value is -2.72. The average Bonchev–Trinajstić information content (AvgIpc) is 2.94. The fraction of sp³-hybridized carbons (Fsp3) is 0.111. The molecule has 0 aliphatic heterocycles. The number of hydrogen-bond donors (Lipinski definition) is 0. The number of hydrogen-bond acceptors (Lipinski definition) is 3. The van der Waals surface area contributed by atoms with Crippen LogP contribution in [0.3, 0.4) is 0 Å². The summed E-state index contributed by atoms with van der Waals surface area (Å²) in [7, 11) is 0. The molecule has 0 fully saturated rings. The number of nitrogens with zero attached hydrogens (tertiary/aromatic N) is 1. The number of ether oxygens (including phenoxy) is 1. The van der Waals surface area contributed by atoms with E-state index in [0.29, 0.717) is 18.6 Å². The fourth-order valence-corrected chi connectivity index (χ4v) is 2.44. The van der Waals surface area contributed by atoms with Gasteiger partial charge in [0.25, 0.3) is 5.91 Å². The van der Waals surface area contributed by atoms with E-state index in [-0.39, 0.29) is 12.5 Å². The molecule has 0 N–H and O–H groups in total. The topological polar surface area (TPSA) is 48.3 Å². The van der Waals surface area contributed by atoms with Gasteiger partial charge in [-0.1, -0.05) is 48.5 Å². The van der Waals surface area contributed by atoms with Gasteiger partial charge in [0.2, 0.25) is 0 Å². The molecule has 0 saturated carbocycles. The maximum atomic E-state index is 12.4. The number of rotatable bonds is 5.